The van der Waals surface area contributed by atoms with Gasteiger partial charge in [0.2, 0.25) is 0 Å². The molecule has 1 aromatic heterocycles. The molecule has 2 heteroatoms. The van der Waals surface area contributed by atoms with Crippen LogP contribution in [0.25, 0.3) is 0 Å². The van der Waals surface area contributed by atoms with Gasteiger partial charge in [-0.1, -0.05) is 29.8 Å². The molecule has 0 radical (unpaired) electrons. The molecule has 76 valence electrons. The van der Waals surface area contributed by atoms with E-state index < -0.39 is 0 Å². The second kappa shape index (κ2) is 4.13. The van der Waals surface area contributed by atoms with Gasteiger partial charge < -0.3 is 4.98 Å². The van der Waals surface area contributed by atoms with Gasteiger partial charge >= 0.3 is 0 Å². The van der Waals surface area contributed by atoms with Gasteiger partial charge in [0.1, 0.15) is 0 Å². The van der Waals surface area contributed by atoms with Crippen LogP contribution in [0.15, 0.2) is 36.7 Å². The molecule has 1 heterocycles. The maximum Gasteiger partial charge on any atom is 0.151 e. The topological polar surface area (TPSA) is 32.9 Å². The highest BCUT2D eigenvalue weighted by Crippen LogP contribution is 2.13. The number of hydrogen-bond donors (Lipinski definition) is 1. The average molecular weight is 199 g/mol. The number of rotatable bonds is 3. The van der Waals surface area contributed by atoms with Crippen molar-refractivity contribution in [2.24, 2.45) is 0 Å². The van der Waals surface area contributed by atoms with Crippen LogP contribution in [0, 0.1) is 6.92 Å². The lowest BCUT2D eigenvalue weighted by Gasteiger charge is -2.01. The van der Waals surface area contributed by atoms with E-state index in [4.69, 9.17) is 0 Å². The lowest BCUT2D eigenvalue weighted by Crippen LogP contribution is -1.90. The smallest absolute Gasteiger partial charge is 0.151 e. The van der Waals surface area contributed by atoms with E-state index in [2.05, 4.69) is 30.1 Å². The summed E-state index contributed by atoms with van der Waals surface area (Å²) in [6, 6.07) is 8.33. The van der Waals surface area contributed by atoms with Crippen molar-refractivity contribution in [2.45, 2.75) is 13.3 Å². The van der Waals surface area contributed by atoms with Crippen molar-refractivity contribution in [3.05, 3.63) is 58.9 Å². The Hall–Kier alpha value is -1.83. The molecule has 0 aliphatic carbocycles. The molecule has 0 spiro atoms. The third-order valence-corrected chi connectivity index (χ3v) is 2.47. The fourth-order valence-electron chi connectivity index (χ4n) is 1.71. The summed E-state index contributed by atoms with van der Waals surface area (Å²) in [6.45, 7) is 2.07. The normalized spacial score (nSPS) is 10.2. The van der Waals surface area contributed by atoms with Crippen molar-refractivity contribution in [1.29, 1.82) is 0 Å². The van der Waals surface area contributed by atoms with E-state index in [-0.39, 0.29) is 0 Å². The number of aromatic nitrogens is 1. The Balaban J connectivity index is 2.25. The number of carbonyl (C=O) groups is 1. The quantitative estimate of drug-likeness (QED) is 0.757. The van der Waals surface area contributed by atoms with Gasteiger partial charge in [-0.05, 0) is 24.5 Å². The first-order valence-corrected chi connectivity index (χ1v) is 4.96. The van der Waals surface area contributed by atoms with E-state index in [1.54, 1.807) is 6.20 Å². The Kier molecular flexibility index (Phi) is 2.68. The van der Waals surface area contributed by atoms with Gasteiger partial charge in [0.15, 0.2) is 6.29 Å². The minimum atomic E-state index is 0.747. The lowest BCUT2D eigenvalue weighted by atomic mass is 10.0. The maximum absolute atomic E-state index is 10.7. The standard InChI is InChI=1S/C13H13NO/c1-10-3-2-4-11(5-10)6-12-7-14-8-13(12)9-15/h2-5,7-9,14H,6H2,1H3. The van der Waals surface area contributed by atoms with Crippen LogP contribution in [-0.2, 0) is 6.42 Å². The van der Waals surface area contributed by atoms with Crippen LogP contribution in [0.5, 0.6) is 0 Å². The van der Waals surface area contributed by atoms with Crippen molar-refractivity contribution in [3.63, 3.8) is 0 Å². The summed E-state index contributed by atoms with van der Waals surface area (Å²) < 4.78 is 0. The first-order valence-electron chi connectivity index (χ1n) is 4.96. The fourth-order valence-corrected chi connectivity index (χ4v) is 1.71. The molecule has 0 aliphatic heterocycles. The van der Waals surface area contributed by atoms with Crippen LogP contribution in [-0.4, -0.2) is 11.3 Å². The molecule has 0 aliphatic rings. The van der Waals surface area contributed by atoms with Crippen molar-refractivity contribution >= 4 is 6.29 Å². The molecule has 0 saturated carbocycles. The monoisotopic (exact) mass is 199 g/mol. The van der Waals surface area contributed by atoms with Crippen LogP contribution in [0.2, 0.25) is 0 Å². The first kappa shape index (κ1) is 9.71. The predicted molar refractivity (Wildman–Crippen MR) is 60.2 cm³/mol. The van der Waals surface area contributed by atoms with Gasteiger partial charge in [0, 0.05) is 18.0 Å². The highest BCUT2D eigenvalue weighted by Gasteiger charge is 2.03. The molecule has 0 bridgehead atoms. The Morgan fingerprint density at radius 3 is 2.93 bits per heavy atom. The molecule has 0 fully saturated rings. The van der Waals surface area contributed by atoms with Gasteiger partial charge in [0.05, 0.1) is 0 Å². The fraction of sp³-hybridized carbons (Fsp3) is 0.154. The molecule has 15 heavy (non-hydrogen) atoms. The predicted octanol–water partition coefficient (Wildman–Crippen LogP) is 2.73. The number of H-pyrrole nitrogens is 1. The van der Waals surface area contributed by atoms with Crippen LogP contribution in [0.4, 0.5) is 0 Å². The number of aryl methyl sites for hydroxylation is 1. The molecule has 2 nitrogen and oxygen atoms in total. The molecule has 2 aromatic rings. The van der Waals surface area contributed by atoms with E-state index in [0.29, 0.717) is 0 Å². The SMILES string of the molecule is Cc1cccc(Cc2c[nH]cc2C=O)c1. The maximum atomic E-state index is 10.7. The Morgan fingerprint density at radius 2 is 2.20 bits per heavy atom. The Labute approximate surface area is 89.0 Å². The van der Waals surface area contributed by atoms with Crippen molar-refractivity contribution in [2.75, 3.05) is 0 Å². The zero-order valence-corrected chi connectivity index (χ0v) is 8.66. The number of aldehydes is 1. The first-order chi connectivity index (χ1) is 7.29. The molecule has 0 atom stereocenters. The van der Waals surface area contributed by atoms with E-state index >= 15 is 0 Å². The third-order valence-electron chi connectivity index (χ3n) is 2.47. The number of carbonyl (C=O) groups excluding carboxylic acids is 1. The molecule has 2 rings (SSSR count). The zero-order valence-electron chi connectivity index (χ0n) is 8.66. The average Bonchev–Trinajstić information content (AvgIpc) is 2.65. The van der Waals surface area contributed by atoms with Crippen LogP contribution in [0.3, 0.4) is 0 Å². The lowest BCUT2D eigenvalue weighted by molar-refractivity contribution is 0.112. The van der Waals surface area contributed by atoms with Gasteiger partial charge in [0.25, 0.3) is 0 Å². The summed E-state index contributed by atoms with van der Waals surface area (Å²) in [6.07, 6.45) is 5.31. The van der Waals surface area contributed by atoms with E-state index in [1.165, 1.54) is 11.1 Å². The van der Waals surface area contributed by atoms with Gasteiger partial charge in [-0.15, -0.1) is 0 Å². The highest BCUT2D eigenvalue weighted by molar-refractivity contribution is 5.77. The minimum Gasteiger partial charge on any atom is -0.367 e. The van der Waals surface area contributed by atoms with Crippen molar-refractivity contribution < 1.29 is 4.79 Å². The number of hydrogen-bond acceptors (Lipinski definition) is 1. The molecule has 1 N–H and O–H groups in total. The zero-order chi connectivity index (χ0) is 10.7. The second-order valence-electron chi connectivity index (χ2n) is 3.72. The number of benzene rings is 1. The summed E-state index contributed by atoms with van der Waals surface area (Å²) in [7, 11) is 0. The van der Waals surface area contributed by atoms with E-state index in [9.17, 15) is 4.79 Å². The molecule has 0 amide bonds. The summed E-state index contributed by atoms with van der Waals surface area (Å²) >= 11 is 0. The molecular weight excluding hydrogens is 186 g/mol. The third kappa shape index (κ3) is 2.15. The number of nitrogens with one attached hydrogen (secondary N) is 1. The summed E-state index contributed by atoms with van der Waals surface area (Å²) in [5, 5.41) is 0. The largest absolute Gasteiger partial charge is 0.367 e. The molecule has 0 unspecified atom stereocenters. The van der Waals surface area contributed by atoms with Crippen LogP contribution >= 0.6 is 0 Å². The van der Waals surface area contributed by atoms with Gasteiger partial charge in [-0.2, -0.15) is 0 Å². The second-order valence-corrected chi connectivity index (χ2v) is 3.72. The summed E-state index contributed by atoms with van der Waals surface area (Å²) in [5.74, 6) is 0. The number of aromatic amines is 1. The molecule has 0 saturated heterocycles. The highest BCUT2D eigenvalue weighted by atomic mass is 16.1. The minimum absolute atomic E-state index is 0.747. The van der Waals surface area contributed by atoms with Gasteiger partial charge in [-0.3, -0.25) is 4.79 Å². The van der Waals surface area contributed by atoms with E-state index in [1.807, 2.05) is 12.3 Å². The van der Waals surface area contributed by atoms with Crippen LogP contribution < -0.4 is 0 Å². The van der Waals surface area contributed by atoms with Crippen molar-refractivity contribution in [3.8, 4) is 0 Å². The van der Waals surface area contributed by atoms with Gasteiger partial charge in [-0.25, -0.2) is 0 Å². The van der Waals surface area contributed by atoms with E-state index in [0.717, 1.165) is 23.8 Å². The summed E-state index contributed by atoms with van der Waals surface area (Å²) in [4.78, 5) is 13.7. The van der Waals surface area contributed by atoms with Crippen molar-refractivity contribution in [1.82, 2.24) is 4.98 Å². The molecular formula is C13H13NO. The molecule has 1 aromatic carbocycles. The Morgan fingerprint density at radius 1 is 1.33 bits per heavy atom. The summed E-state index contributed by atoms with van der Waals surface area (Å²) in [5.41, 5.74) is 4.28. The Bertz CT molecular complexity index is 471. The van der Waals surface area contributed by atoms with Crippen LogP contribution in [0.1, 0.15) is 27.0 Å².